The molecule has 3 heteroatoms. The Labute approximate surface area is 164 Å². The van der Waals surface area contributed by atoms with E-state index in [0.29, 0.717) is 24.8 Å². The summed E-state index contributed by atoms with van der Waals surface area (Å²) in [6.45, 7) is 0. The molecule has 0 radical (unpaired) electrons. The lowest BCUT2D eigenvalue weighted by Crippen LogP contribution is -2.43. The number of hydrogen-bond donors (Lipinski definition) is 0. The number of ketones is 1. The van der Waals surface area contributed by atoms with Crippen molar-refractivity contribution < 1.29 is 14.3 Å². The van der Waals surface area contributed by atoms with Gasteiger partial charge >= 0.3 is 5.97 Å². The van der Waals surface area contributed by atoms with E-state index in [1.54, 1.807) is 0 Å². The van der Waals surface area contributed by atoms with Gasteiger partial charge in [0, 0.05) is 5.56 Å². The SMILES string of the molecule is COC(=O)[C@]1(C/C=C/c2ccc3ccccc3c2)CCc2ccccc2C1=O. The lowest BCUT2D eigenvalue weighted by atomic mass is 9.68. The minimum Gasteiger partial charge on any atom is -0.468 e. The summed E-state index contributed by atoms with van der Waals surface area (Å²) in [5.41, 5.74) is 1.54. The van der Waals surface area contributed by atoms with E-state index in [9.17, 15) is 9.59 Å². The van der Waals surface area contributed by atoms with Crippen LogP contribution in [0.2, 0.25) is 0 Å². The maximum absolute atomic E-state index is 13.2. The minimum atomic E-state index is -1.14. The summed E-state index contributed by atoms with van der Waals surface area (Å²) >= 11 is 0. The maximum atomic E-state index is 13.2. The molecule has 3 nitrogen and oxygen atoms in total. The lowest BCUT2D eigenvalue weighted by Gasteiger charge is -2.33. The Kier molecular flexibility index (Phi) is 4.82. The topological polar surface area (TPSA) is 43.4 Å². The first-order valence-corrected chi connectivity index (χ1v) is 9.50. The average molecular weight is 370 g/mol. The number of ether oxygens (including phenoxy) is 1. The molecule has 0 spiro atoms. The van der Waals surface area contributed by atoms with Crippen LogP contribution in [0.3, 0.4) is 0 Å². The molecule has 0 amide bonds. The largest absolute Gasteiger partial charge is 0.468 e. The van der Waals surface area contributed by atoms with E-state index in [2.05, 4.69) is 24.3 Å². The van der Waals surface area contributed by atoms with Crippen LogP contribution in [0.15, 0.2) is 72.8 Å². The van der Waals surface area contributed by atoms with E-state index in [1.807, 2.05) is 54.6 Å². The molecular weight excluding hydrogens is 348 g/mol. The molecule has 0 unspecified atom stereocenters. The third kappa shape index (κ3) is 3.13. The summed E-state index contributed by atoms with van der Waals surface area (Å²) < 4.78 is 5.05. The van der Waals surface area contributed by atoms with Gasteiger partial charge in [-0.2, -0.15) is 0 Å². The fourth-order valence-corrected chi connectivity index (χ4v) is 4.06. The van der Waals surface area contributed by atoms with E-state index in [4.69, 9.17) is 4.74 Å². The zero-order chi connectivity index (χ0) is 19.6. The van der Waals surface area contributed by atoms with Crippen molar-refractivity contribution in [2.24, 2.45) is 5.41 Å². The van der Waals surface area contributed by atoms with E-state index >= 15 is 0 Å². The number of rotatable bonds is 4. The van der Waals surface area contributed by atoms with Crippen LogP contribution in [0, 0.1) is 5.41 Å². The van der Waals surface area contributed by atoms with Crippen molar-refractivity contribution in [2.45, 2.75) is 19.3 Å². The van der Waals surface area contributed by atoms with Crippen LogP contribution < -0.4 is 0 Å². The molecule has 0 aromatic heterocycles. The smallest absolute Gasteiger partial charge is 0.320 e. The van der Waals surface area contributed by atoms with Crippen molar-refractivity contribution in [2.75, 3.05) is 7.11 Å². The van der Waals surface area contributed by atoms with E-state index in [-0.39, 0.29) is 5.78 Å². The number of allylic oxidation sites excluding steroid dienone is 1. The van der Waals surface area contributed by atoms with Crippen LogP contribution in [0.4, 0.5) is 0 Å². The fraction of sp³-hybridized carbons (Fsp3) is 0.200. The van der Waals surface area contributed by atoms with Crippen molar-refractivity contribution in [3.8, 4) is 0 Å². The summed E-state index contributed by atoms with van der Waals surface area (Å²) in [6.07, 6.45) is 5.40. The Bertz CT molecular complexity index is 1080. The first-order valence-electron chi connectivity index (χ1n) is 9.50. The first-order chi connectivity index (χ1) is 13.6. The first kappa shape index (κ1) is 18.2. The summed E-state index contributed by atoms with van der Waals surface area (Å²) in [6, 6.07) is 21.9. The summed E-state index contributed by atoms with van der Waals surface area (Å²) in [4.78, 5) is 25.9. The van der Waals surface area contributed by atoms with Crippen molar-refractivity contribution in [1.82, 2.24) is 0 Å². The highest BCUT2D eigenvalue weighted by molar-refractivity contribution is 6.14. The predicted molar refractivity (Wildman–Crippen MR) is 111 cm³/mol. The highest BCUT2D eigenvalue weighted by atomic mass is 16.5. The van der Waals surface area contributed by atoms with Crippen molar-refractivity contribution >= 4 is 28.6 Å². The van der Waals surface area contributed by atoms with Crippen LogP contribution in [-0.4, -0.2) is 18.9 Å². The molecule has 4 rings (SSSR count). The van der Waals surface area contributed by atoms with Gasteiger partial charge in [0.1, 0.15) is 5.41 Å². The molecule has 0 aliphatic heterocycles. The van der Waals surface area contributed by atoms with E-state index < -0.39 is 11.4 Å². The predicted octanol–water partition coefficient (Wildman–Crippen LogP) is 5.23. The Morgan fingerprint density at radius 2 is 1.79 bits per heavy atom. The highest BCUT2D eigenvalue weighted by Gasteiger charge is 2.48. The molecule has 0 N–H and O–H groups in total. The number of esters is 1. The van der Waals surface area contributed by atoms with Gasteiger partial charge in [0.05, 0.1) is 7.11 Å². The van der Waals surface area contributed by atoms with Crippen molar-refractivity contribution in [3.63, 3.8) is 0 Å². The van der Waals surface area contributed by atoms with Crippen molar-refractivity contribution in [3.05, 3.63) is 89.5 Å². The van der Waals surface area contributed by atoms with Gasteiger partial charge in [0.25, 0.3) is 0 Å². The van der Waals surface area contributed by atoms with Crippen LogP contribution in [0.1, 0.15) is 34.3 Å². The van der Waals surface area contributed by atoms with E-state index in [1.165, 1.54) is 12.5 Å². The number of fused-ring (bicyclic) bond motifs is 2. The second kappa shape index (κ2) is 7.43. The number of Topliss-reactive ketones (excluding diaryl/α,β-unsaturated/α-hetero) is 1. The molecule has 0 bridgehead atoms. The Balaban J connectivity index is 1.63. The van der Waals surface area contributed by atoms with Gasteiger partial charge < -0.3 is 4.74 Å². The Morgan fingerprint density at radius 1 is 1.04 bits per heavy atom. The third-order valence-corrected chi connectivity index (χ3v) is 5.64. The fourth-order valence-electron chi connectivity index (χ4n) is 4.06. The molecule has 28 heavy (non-hydrogen) atoms. The molecule has 0 fully saturated rings. The summed E-state index contributed by atoms with van der Waals surface area (Å²) in [5, 5.41) is 2.35. The van der Waals surface area contributed by atoms with Gasteiger partial charge in [-0.15, -0.1) is 0 Å². The van der Waals surface area contributed by atoms with Gasteiger partial charge in [-0.3, -0.25) is 9.59 Å². The highest BCUT2D eigenvalue weighted by Crippen LogP contribution is 2.40. The molecule has 3 aromatic rings. The molecule has 0 saturated carbocycles. The molecule has 140 valence electrons. The second-order valence-electron chi connectivity index (χ2n) is 7.27. The quantitative estimate of drug-likeness (QED) is 0.466. The Morgan fingerprint density at radius 3 is 2.61 bits per heavy atom. The van der Waals surface area contributed by atoms with Crippen LogP contribution >= 0.6 is 0 Å². The molecule has 1 aliphatic rings. The minimum absolute atomic E-state index is 0.135. The number of carbonyl (C=O) groups is 2. The number of aryl methyl sites for hydroxylation is 1. The standard InChI is InChI=1S/C25H22O3/c1-28-24(27)25(16-14-20-9-4-5-11-22(20)23(25)26)15-6-7-18-12-13-19-8-2-3-10-21(19)17-18/h2-13,17H,14-16H2,1H3/b7-6+/t25-/m1/s1. The number of carbonyl (C=O) groups excluding carboxylic acids is 2. The van der Waals surface area contributed by atoms with E-state index in [0.717, 1.165) is 16.5 Å². The van der Waals surface area contributed by atoms with Gasteiger partial charge in [0.2, 0.25) is 0 Å². The molecular formula is C25H22O3. The molecule has 1 atom stereocenters. The lowest BCUT2D eigenvalue weighted by molar-refractivity contribution is -0.150. The number of methoxy groups -OCH3 is 1. The van der Waals surface area contributed by atoms with Crippen LogP contribution in [0.25, 0.3) is 16.8 Å². The molecule has 1 aliphatic carbocycles. The Hall–Kier alpha value is -3.20. The van der Waals surface area contributed by atoms with Gasteiger partial charge in [-0.1, -0.05) is 72.8 Å². The summed E-state index contributed by atoms with van der Waals surface area (Å²) in [5.74, 6) is -0.584. The monoisotopic (exact) mass is 370 g/mol. The maximum Gasteiger partial charge on any atom is 0.320 e. The average Bonchev–Trinajstić information content (AvgIpc) is 2.75. The molecule has 3 aromatic carbocycles. The summed E-state index contributed by atoms with van der Waals surface area (Å²) in [7, 11) is 1.35. The molecule has 0 saturated heterocycles. The van der Waals surface area contributed by atoms with Gasteiger partial charge in [0.15, 0.2) is 5.78 Å². The molecule has 0 heterocycles. The second-order valence-corrected chi connectivity index (χ2v) is 7.27. The van der Waals surface area contributed by atoms with Gasteiger partial charge in [-0.05, 0) is 47.2 Å². The van der Waals surface area contributed by atoms with Crippen LogP contribution in [-0.2, 0) is 16.0 Å². The normalized spacial score (nSPS) is 19.0. The third-order valence-electron chi connectivity index (χ3n) is 5.64. The van der Waals surface area contributed by atoms with Crippen LogP contribution in [0.5, 0.6) is 0 Å². The number of benzene rings is 3. The zero-order valence-electron chi connectivity index (χ0n) is 15.9. The number of hydrogen-bond acceptors (Lipinski definition) is 3. The zero-order valence-corrected chi connectivity index (χ0v) is 15.9. The van der Waals surface area contributed by atoms with Crippen molar-refractivity contribution in [1.29, 1.82) is 0 Å². The van der Waals surface area contributed by atoms with Gasteiger partial charge in [-0.25, -0.2) is 0 Å².